The van der Waals surface area contributed by atoms with E-state index in [1.807, 2.05) is 12.1 Å². The molecule has 3 aliphatic rings. The molecule has 5 rings (SSSR count). The molecule has 2 aliphatic carbocycles. The van der Waals surface area contributed by atoms with Crippen molar-refractivity contribution in [1.82, 2.24) is 0 Å². The van der Waals surface area contributed by atoms with Crippen molar-refractivity contribution < 1.29 is 18.3 Å². The second-order valence-electron chi connectivity index (χ2n) is 11.5. The molecule has 0 amide bonds. The van der Waals surface area contributed by atoms with Crippen LogP contribution in [0, 0.1) is 35.3 Å². The number of benzene rings is 2. The molecule has 0 bridgehead atoms. The van der Waals surface area contributed by atoms with E-state index in [9.17, 15) is 8.78 Å². The third-order valence-electron chi connectivity index (χ3n) is 9.50. The monoisotopic (exact) mass is 508 g/mol. The quantitative estimate of drug-likeness (QED) is 0.347. The van der Waals surface area contributed by atoms with Crippen LogP contribution in [0.3, 0.4) is 0 Å². The molecular weight excluding hydrogens is 466 g/mol. The zero-order valence-corrected chi connectivity index (χ0v) is 22.3. The number of hydrogen-bond acceptors (Lipinski definition) is 2. The highest BCUT2D eigenvalue weighted by molar-refractivity contribution is 5.65. The summed E-state index contributed by atoms with van der Waals surface area (Å²) < 4.78 is 40.4. The Bertz CT molecular complexity index is 1030. The van der Waals surface area contributed by atoms with Gasteiger partial charge in [0.05, 0.1) is 19.3 Å². The van der Waals surface area contributed by atoms with Gasteiger partial charge in [-0.2, -0.15) is 4.39 Å². The predicted molar refractivity (Wildman–Crippen MR) is 146 cm³/mol. The molecule has 4 heteroatoms. The molecule has 200 valence electrons. The van der Waals surface area contributed by atoms with Crippen LogP contribution in [0.5, 0.6) is 5.75 Å². The molecule has 1 aliphatic heterocycles. The van der Waals surface area contributed by atoms with Crippen molar-refractivity contribution in [2.75, 3.05) is 13.2 Å². The van der Waals surface area contributed by atoms with Gasteiger partial charge in [-0.1, -0.05) is 30.3 Å². The minimum Gasteiger partial charge on any atom is -0.491 e. The fraction of sp³-hybridized carbons (Fsp3) is 0.576. The van der Waals surface area contributed by atoms with Gasteiger partial charge >= 0.3 is 0 Å². The molecule has 0 aromatic heterocycles. The maximum atomic E-state index is 14.6. The van der Waals surface area contributed by atoms with E-state index in [2.05, 4.69) is 24.8 Å². The van der Waals surface area contributed by atoms with Gasteiger partial charge in [-0.3, -0.25) is 0 Å². The zero-order chi connectivity index (χ0) is 25.8. The standard InChI is InChI=1S/C33H42F2O2/c1-3-22-5-19-30(37-21-22)28-16-12-26(13-17-28)24-8-6-23(7-9-24)25-10-14-27(15-11-25)29-18-20-31(36-4-2)33(35)32(29)34/h3,10-11,14-15,18,20,22-24,26,28,30H,1,4-9,12-13,16-17,19,21H2,2H3. The minimum atomic E-state index is -0.914. The third-order valence-corrected chi connectivity index (χ3v) is 9.50. The summed E-state index contributed by atoms with van der Waals surface area (Å²) in [6.45, 7) is 6.86. The number of halogens is 2. The highest BCUT2D eigenvalue weighted by Crippen LogP contribution is 2.45. The van der Waals surface area contributed by atoms with E-state index >= 15 is 0 Å². The average molecular weight is 509 g/mol. The third kappa shape index (κ3) is 5.95. The first kappa shape index (κ1) is 26.4. The van der Waals surface area contributed by atoms with E-state index in [0.717, 1.165) is 24.4 Å². The lowest BCUT2D eigenvalue weighted by Crippen LogP contribution is -2.35. The number of hydrogen-bond donors (Lipinski definition) is 0. The van der Waals surface area contributed by atoms with Gasteiger partial charge in [0, 0.05) is 11.5 Å². The Morgan fingerprint density at radius 1 is 0.811 bits per heavy atom. The fourth-order valence-corrected chi connectivity index (χ4v) is 7.22. The summed E-state index contributed by atoms with van der Waals surface area (Å²) in [5.41, 5.74) is 2.31. The summed E-state index contributed by atoms with van der Waals surface area (Å²) in [5, 5.41) is 0. The van der Waals surface area contributed by atoms with Crippen LogP contribution < -0.4 is 4.74 Å². The van der Waals surface area contributed by atoms with Crippen LogP contribution in [0.15, 0.2) is 49.1 Å². The summed E-state index contributed by atoms with van der Waals surface area (Å²) in [6, 6.07) is 11.2. The van der Waals surface area contributed by atoms with Crippen LogP contribution in [0.2, 0.25) is 0 Å². The highest BCUT2D eigenvalue weighted by atomic mass is 19.2. The van der Waals surface area contributed by atoms with Crippen LogP contribution in [0.4, 0.5) is 8.78 Å². The van der Waals surface area contributed by atoms with Gasteiger partial charge in [0.25, 0.3) is 0 Å². The van der Waals surface area contributed by atoms with Gasteiger partial charge in [0.2, 0.25) is 5.82 Å². The van der Waals surface area contributed by atoms with Crippen molar-refractivity contribution >= 4 is 0 Å². The van der Waals surface area contributed by atoms with Gasteiger partial charge in [-0.25, -0.2) is 4.39 Å². The lowest BCUT2D eigenvalue weighted by Gasteiger charge is -2.41. The van der Waals surface area contributed by atoms with E-state index < -0.39 is 11.6 Å². The van der Waals surface area contributed by atoms with Crippen LogP contribution in [0.1, 0.15) is 82.6 Å². The van der Waals surface area contributed by atoms with Crippen molar-refractivity contribution in [3.8, 4) is 16.9 Å². The molecular formula is C33H42F2O2. The lowest BCUT2D eigenvalue weighted by atomic mass is 9.67. The van der Waals surface area contributed by atoms with Crippen molar-refractivity contribution in [1.29, 1.82) is 0 Å². The predicted octanol–water partition coefficient (Wildman–Crippen LogP) is 9.09. The molecule has 37 heavy (non-hydrogen) atoms. The van der Waals surface area contributed by atoms with E-state index in [1.165, 1.54) is 75.8 Å². The Balaban J connectivity index is 1.11. The molecule has 0 radical (unpaired) electrons. The van der Waals surface area contributed by atoms with E-state index in [-0.39, 0.29) is 11.3 Å². The molecule has 2 aromatic carbocycles. The fourth-order valence-electron chi connectivity index (χ4n) is 7.22. The van der Waals surface area contributed by atoms with Crippen LogP contribution in [-0.4, -0.2) is 19.3 Å². The molecule has 2 aromatic rings. The van der Waals surface area contributed by atoms with Gasteiger partial charge in [0.15, 0.2) is 11.6 Å². The van der Waals surface area contributed by atoms with Gasteiger partial charge < -0.3 is 9.47 Å². The largest absolute Gasteiger partial charge is 0.491 e. The molecule has 2 unspecified atom stereocenters. The normalized spacial score (nSPS) is 30.6. The van der Waals surface area contributed by atoms with Crippen LogP contribution in [-0.2, 0) is 4.74 Å². The Hall–Kier alpha value is -2.20. The first-order chi connectivity index (χ1) is 18.1. The minimum absolute atomic E-state index is 0.0328. The Labute approximate surface area is 221 Å². The lowest BCUT2D eigenvalue weighted by molar-refractivity contribution is -0.0517. The molecule has 0 spiro atoms. The van der Waals surface area contributed by atoms with Gasteiger partial charge in [-0.05, 0) is 118 Å². The van der Waals surface area contributed by atoms with Crippen LogP contribution in [0.25, 0.3) is 11.1 Å². The molecule has 0 N–H and O–H groups in total. The van der Waals surface area contributed by atoms with Crippen molar-refractivity contribution in [2.24, 2.45) is 23.7 Å². The number of ether oxygens (including phenoxy) is 2. The van der Waals surface area contributed by atoms with Crippen molar-refractivity contribution in [3.63, 3.8) is 0 Å². The van der Waals surface area contributed by atoms with E-state index in [1.54, 1.807) is 13.0 Å². The van der Waals surface area contributed by atoms with Crippen LogP contribution >= 0.6 is 0 Å². The van der Waals surface area contributed by atoms with Gasteiger partial charge in [0.1, 0.15) is 0 Å². The van der Waals surface area contributed by atoms with Crippen molar-refractivity contribution in [2.45, 2.75) is 83.2 Å². The maximum absolute atomic E-state index is 14.6. The molecule has 2 atom stereocenters. The van der Waals surface area contributed by atoms with Crippen molar-refractivity contribution in [3.05, 3.63) is 66.3 Å². The Kier molecular flexibility index (Phi) is 8.64. The number of rotatable bonds is 7. The summed E-state index contributed by atoms with van der Waals surface area (Å²) in [5.74, 6) is 1.82. The second-order valence-corrected chi connectivity index (χ2v) is 11.5. The first-order valence-corrected chi connectivity index (χ1v) is 14.5. The maximum Gasteiger partial charge on any atom is 0.201 e. The zero-order valence-electron chi connectivity index (χ0n) is 22.3. The topological polar surface area (TPSA) is 18.5 Å². The SMILES string of the molecule is C=CC1CCC(C2CCC(C3CCC(c4ccc(-c5ccc(OCC)c(F)c5F)cc4)CC3)CC2)OC1. The summed E-state index contributed by atoms with van der Waals surface area (Å²) in [7, 11) is 0. The van der Waals surface area contributed by atoms with E-state index in [0.29, 0.717) is 30.1 Å². The highest BCUT2D eigenvalue weighted by Gasteiger charge is 2.35. The molecule has 1 heterocycles. The second kappa shape index (κ2) is 12.1. The molecule has 1 saturated heterocycles. The molecule has 2 nitrogen and oxygen atoms in total. The molecule has 2 saturated carbocycles. The van der Waals surface area contributed by atoms with E-state index in [4.69, 9.17) is 9.47 Å². The summed E-state index contributed by atoms with van der Waals surface area (Å²) in [6.07, 6.45) is 15.4. The Morgan fingerprint density at radius 2 is 1.46 bits per heavy atom. The molecule has 3 fully saturated rings. The Morgan fingerprint density at radius 3 is 2.05 bits per heavy atom. The summed E-state index contributed by atoms with van der Waals surface area (Å²) in [4.78, 5) is 0. The first-order valence-electron chi connectivity index (χ1n) is 14.5. The average Bonchev–Trinajstić information content (AvgIpc) is 2.96. The van der Waals surface area contributed by atoms with Gasteiger partial charge in [-0.15, -0.1) is 6.58 Å². The smallest absolute Gasteiger partial charge is 0.201 e. The summed E-state index contributed by atoms with van der Waals surface area (Å²) >= 11 is 0.